The minimum atomic E-state index is -0.326. The topological polar surface area (TPSA) is 18.5 Å². The van der Waals surface area contributed by atoms with Crippen LogP contribution in [0.1, 0.15) is 5.56 Å². The predicted molar refractivity (Wildman–Crippen MR) is 49.0 cm³/mol. The second kappa shape index (κ2) is 4.50. The Morgan fingerprint density at radius 1 is 1.31 bits per heavy atom. The minimum Gasteiger partial charge on any atom is -0.504 e. The largest absolute Gasteiger partial charge is 0.504 e. The van der Waals surface area contributed by atoms with Gasteiger partial charge in [0, 0.05) is 11.6 Å². The van der Waals surface area contributed by atoms with E-state index in [1.165, 1.54) is 26.5 Å². The fraction of sp³-hybridized carbons (Fsp3) is 0.200. The second-order valence-electron chi connectivity index (χ2n) is 2.43. The van der Waals surface area contributed by atoms with Crippen LogP contribution < -0.4 is 4.74 Å². The van der Waals surface area contributed by atoms with Gasteiger partial charge in [-0.05, 0) is 18.2 Å². The molecular formula is C10H11FO2. The molecule has 1 aromatic carbocycles. The van der Waals surface area contributed by atoms with Crippen LogP contribution in [0.15, 0.2) is 24.5 Å². The average molecular weight is 182 g/mol. The van der Waals surface area contributed by atoms with E-state index < -0.39 is 0 Å². The monoisotopic (exact) mass is 182 g/mol. The molecule has 0 heterocycles. The van der Waals surface area contributed by atoms with Gasteiger partial charge in [0.25, 0.3) is 0 Å². The molecule has 0 unspecified atom stereocenters. The van der Waals surface area contributed by atoms with Gasteiger partial charge >= 0.3 is 0 Å². The summed E-state index contributed by atoms with van der Waals surface area (Å²) in [6.45, 7) is 0. The molecule has 0 atom stereocenters. The van der Waals surface area contributed by atoms with Crippen LogP contribution in [0, 0.1) is 5.82 Å². The first kappa shape index (κ1) is 9.58. The van der Waals surface area contributed by atoms with E-state index in [-0.39, 0.29) is 5.82 Å². The van der Waals surface area contributed by atoms with Crippen molar-refractivity contribution in [2.45, 2.75) is 0 Å². The van der Waals surface area contributed by atoms with Crippen LogP contribution in [0.5, 0.6) is 5.75 Å². The Morgan fingerprint density at radius 3 is 2.62 bits per heavy atom. The number of ether oxygens (including phenoxy) is 2. The van der Waals surface area contributed by atoms with E-state index in [9.17, 15) is 4.39 Å². The molecule has 0 aliphatic heterocycles. The first-order chi connectivity index (χ1) is 6.27. The first-order valence-corrected chi connectivity index (χ1v) is 3.81. The average Bonchev–Trinajstić information content (AvgIpc) is 2.16. The summed E-state index contributed by atoms with van der Waals surface area (Å²) < 4.78 is 22.7. The van der Waals surface area contributed by atoms with E-state index in [1.807, 2.05) is 0 Å². The van der Waals surface area contributed by atoms with Crippen LogP contribution in [0.25, 0.3) is 6.08 Å². The number of methoxy groups -OCH3 is 2. The summed E-state index contributed by atoms with van der Waals surface area (Å²) in [5.41, 5.74) is 0.475. The predicted octanol–water partition coefficient (Wildman–Crippen LogP) is 2.45. The van der Waals surface area contributed by atoms with E-state index in [1.54, 1.807) is 18.2 Å². The highest BCUT2D eigenvalue weighted by Crippen LogP contribution is 2.17. The maximum absolute atomic E-state index is 13.2. The lowest BCUT2D eigenvalue weighted by molar-refractivity contribution is 0.341. The van der Waals surface area contributed by atoms with Gasteiger partial charge < -0.3 is 9.47 Å². The van der Waals surface area contributed by atoms with E-state index in [0.29, 0.717) is 11.3 Å². The summed E-state index contributed by atoms with van der Waals surface area (Å²) in [4.78, 5) is 0. The van der Waals surface area contributed by atoms with E-state index in [4.69, 9.17) is 4.74 Å². The van der Waals surface area contributed by atoms with Crippen molar-refractivity contribution in [2.75, 3.05) is 14.2 Å². The van der Waals surface area contributed by atoms with Gasteiger partial charge in [-0.25, -0.2) is 4.39 Å². The maximum atomic E-state index is 13.2. The van der Waals surface area contributed by atoms with E-state index in [2.05, 4.69) is 4.74 Å². The van der Waals surface area contributed by atoms with Crippen LogP contribution in [-0.4, -0.2) is 14.2 Å². The summed E-state index contributed by atoms with van der Waals surface area (Å²) in [5, 5.41) is 0. The number of halogens is 1. The Bertz CT molecular complexity index is 308. The number of hydrogen-bond donors (Lipinski definition) is 0. The zero-order chi connectivity index (χ0) is 9.68. The van der Waals surface area contributed by atoms with Crippen LogP contribution in [0.4, 0.5) is 4.39 Å². The van der Waals surface area contributed by atoms with Gasteiger partial charge in [0.15, 0.2) is 0 Å². The quantitative estimate of drug-likeness (QED) is 0.668. The molecule has 1 rings (SSSR count). The summed E-state index contributed by atoms with van der Waals surface area (Å²) in [7, 11) is 3.01. The van der Waals surface area contributed by atoms with Crippen molar-refractivity contribution in [3.05, 3.63) is 35.8 Å². The molecule has 13 heavy (non-hydrogen) atoms. The molecule has 0 fully saturated rings. The minimum absolute atomic E-state index is 0.326. The molecule has 1 aromatic rings. The number of rotatable bonds is 3. The lowest BCUT2D eigenvalue weighted by Gasteiger charge is -2.01. The molecule has 0 radical (unpaired) electrons. The third kappa shape index (κ3) is 2.47. The highest BCUT2D eigenvalue weighted by Gasteiger charge is 1.99. The molecule has 0 aromatic heterocycles. The molecular weight excluding hydrogens is 171 g/mol. The molecule has 70 valence electrons. The Morgan fingerprint density at radius 2 is 2.08 bits per heavy atom. The van der Waals surface area contributed by atoms with Crippen LogP contribution in [0.3, 0.4) is 0 Å². The molecule has 0 aliphatic rings. The number of benzene rings is 1. The summed E-state index contributed by atoms with van der Waals surface area (Å²) >= 11 is 0. The molecule has 2 nitrogen and oxygen atoms in total. The van der Waals surface area contributed by atoms with Crippen molar-refractivity contribution in [2.24, 2.45) is 0 Å². The van der Waals surface area contributed by atoms with Gasteiger partial charge in [-0.2, -0.15) is 0 Å². The fourth-order valence-corrected chi connectivity index (χ4v) is 0.911. The molecule has 0 saturated carbocycles. The molecule has 0 bridgehead atoms. The van der Waals surface area contributed by atoms with Crippen molar-refractivity contribution in [1.29, 1.82) is 0 Å². The Labute approximate surface area is 76.6 Å². The Kier molecular flexibility index (Phi) is 3.31. The maximum Gasteiger partial charge on any atom is 0.134 e. The van der Waals surface area contributed by atoms with Gasteiger partial charge in [0.05, 0.1) is 20.5 Å². The van der Waals surface area contributed by atoms with Gasteiger partial charge in [-0.1, -0.05) is 0 Å². The van der Waals surface area contributed by atoms with Crippen molar-refractivity contribution >= 4 is 6.08 Å². The van der Waals surface area contributed by atoms with E-state index in [0.717, 1.165) is 0 Å². The first-order valence-electron chi connectivity index (χ1n) is 3.81. The third-order valence-corrected chi connectivity index (χ3v) is 1.59. The van der Waals surface area contributed by atoms with Crippen LogP contribution in [-0.2, 0) is 4.74 Å². The normalized spacial score (nSPS) is 10.4. The van der Waals surface area contributed by atoms with Crippen molar-refractivity contribution < 1.29 is 13.9 Å². The Hall–Kier alpha value is -1.51. The fourth-order valence-electron chi connectivity index (χ4n) is 0.911. The lowest BCUT2D eigenvalue weighted by Crippen LogP contribution is -1.86. The highest BCUT2D eigenvalue weighted by atomic mass is 19.1. The number of hydrogen-bond acceptors (Lipinski definition) is 2. The molecule has 3 heteroatoms. The third-order valence-electron chi connectivity index (χ3n) is 1.59. The zero-order valence-corrected chi connectivity index (χ0v) is 7.58. The SMILES string of the molecule is CO/C=C/c1ccc(OC)cc1F. The van der Waals surface area contributed by atoms with Crippen LogP contribution >= 0.6 is 0 Å². The van der Waals surface area contributed by atoms with Gasteiger partial charge in [-0.15, -0.1) is 0 Å². The van der Waals surface area contributed by atoms with E-state index >= 15 is 0 Å². The van der Waals surface area contributed by atoms with Gasteiger partial charge in [0.2, 0.25) is 0 Å². The zero-order valence-electron chi connectivity index (χ0n) is 7.58. The smallest absolute Gasteiger partial charge is 0.134 e. The standard InChI is InChI=1S/C10H11FO2/c1-12-6-5-8-3-4-9(13-2)7-10(8)11/h3-7H,1-2H3/b6-5+. The summed E-state index contributed by atoms with van der Waals surface area (Å²) in [5.74, 6) is 0.180. The molecule has 0 saturated heterocycles. The molecule has 0 aliphatic carbocycles. The summed E-state index contributed by atoms with van der Waals surface area (Å²) in [6, 6.07) is 4.65. The Balaban J connectivity index is 2.91. The lowest BCUT2D eigenvalue weighted by atomic mass is 10.2. The van der Waals surface area contributed by atoms with Gasteiger partial charge in [0.1, 0.15) is 11.6 Å². The van der Waals surface area contributed by atoms with Crippen molar-refractivity contribution in [3.63, 3.8) is 0 Å². The molecule has 0 N–H and O–H groups in total. The van der Waals surface area contributed by atoms with Crippen LogP contribution in [0.2, 0.25) is 0 Å². The van der Waals surface area contributed by atoms with Gasteiger partial charge in [-0.3, -0.25) is 0 Å². The summed E-state index contributed by atoms with van der Waals surface area (Å²) in [6.07, 6.45) is 2.97. The van der Waals surface area contributed by atoms with Crippen molar-refractivity contribution in [1.82, 2.24) is 0 Å². The molecule has 0 spiro atoms. The van der Waals surface area contributed by atoms with Crippen molar-refractivity contribution in [3.8, 4) is 5.75 Å². The highest BCUT2D eigenvalue weighted by molar-refractivity contribution is 5.50. The molecule has 0 amide bonds. The second-order valence-corrected chi connectivity index (χ2v) is 2.43.